The Hall–Kier alpha value is -3.99. The summed E-state index contributed by atoms with van der Waals surface area (Å²) in [6, 6.07) is 11.2. The Morgan fingerprint density at radius 3 is 2.30 bits per heavy atom. The zero-order valence-electron chi connectivity index (χ0n) is 17.3. The number of amides is 1. The average Bonchev–Trinajstić information content (AvgIpc) is 2.74. The normalized spacial score (nSPS) is 11.0. The molecular formula is C22H21F2N5O3S. The van der Waals surface area contributed by atoms with Crippen LogP contribution >= 0.6 is 0 Å². The van der Waals surface area contributed by atoms with E-state index >= 15 is 0 Å². The van der Waals surface area contributed by atoms with E-state index in [1.165, 1.54) is 18.3 Å². The van der Waals surface area contributed by atoms with Gasteiger partial charge in [0.1, 0.15) is 17.5 Å². The molecule has 172 valence electrons. The van der Waals surface area contributed by atoms with Crippen LogP contribution in [0.15, 0.2) is 66.7 Å². The number of pyridine rings is 1. The van der Waals surface area contributed by atoms with Crippen molar-refractivity contribution in [2.45, 2.75) is 13.0 Å². The zero-order valence-corrected chi connectivity index (χ0v) is 18.1. The Morgan fingerprint density at radius 2 is 1.70 bits per heavy atom. The molecule has 0 radical (unpaired) electrons. The summed E-state index contributed by atoms with van der Waals surface area (Å²) in [6.07, 6.45) is 1.39. The summed E-state index contributed by atoms with van der Waals surface area (Å²) in [5.74, 6) is -1.54. The van der Waals surface area contributed by atoms with Gasteiger partial charge in [0, 0.05) is 52.9 Å². The Kier molecular flexibility index (Phi) is 7.23. The van der Waals surface area contributed by atoms with Gasteiger partial charge in [-0.2, -0.15) is 0 Å². The molecule has 1 heterocycles. The van der Waals surface area contributed by atoms with Crippen molar-refractivity contribution in [1.82, 2.24) is 4.98 Å². The first-order valence-electron chi connectivity index (χ1n) is 9.62. The number of nitrogens with zero attached hydrogens (tertiary/aromatic N) is 1. The van der Waals surface area contributed by atoms with Crippen molar-refractivity contribution in [3.63, 3.8) is 0 Å². The maximum absolute atomic E-state index is 13.5. The van der Waals surface area contributed by atoms with Gasteiger partial charge in [-0.25, -0.2) is 22.2 Å². The molecule has 2 aromatic carbocycles. The van der Waals surface area contributed by atoms with Crippen molar-refractivity contribution in [3.05, 3.63) is 89.5 Å². The summed E-state index contributed by atoms with van der Waals surface area (Å²) in [5.41, 5.74) is 7.67. The molecule has 0 fully saturated rings. The highest BCUT2D eigenvalue weighted by atomic mass is 32.2. The van der Waals surface area contributed by atoms with E-state index in [9.17, 15) is 22.0 Å². The molecule has 1 amide bonds. The Morgan fingerprint density at radius 1 is 1.06 bits per heavy atom. The van der Waals surface area contributed by atoms with Gasteiger partial charge in [-0.3, -0.25) is 9.52 Å². The Labute approximate surface area is 189 Å². The number of rotatable bonds is 10. The zero-order chi connectivity index (χ0) is 24.0. The number of carbonyl (C=O) groups is 1. The molecule has 3 aromatic rings. The topological polar surface area (TPSA) is 126 Å². The van der Waals surface area contributed by atoms with E-state index in [1.54, 1.807) is 30.3 Å². The fraction of sp³-hybridized carbons (Fsp3) is 0.0909. The summed E-state index contributed by atoms with van der Waals surface area (Å²) in [4.78, 5) is 15.7. The molecule has 0 aliphatic rings. The van der Waals surface area contributed by atoms with Crippen molar-refractivity contribution in [3.8, 4) is 0 Å². The van der Waals surface area contributed by atoms with Crippen LogP contribution in [0.3, 0.4) is 0 Å². The standard InChI is InChI=1S/C22H21F2N5O3S/c1-2-33(31,32)29-19-5-3-18(4-6-19)28-22-11-20(15(13-27-22)9-21(25)30)26-12-14-7-16(23)10-17(24)8-14/h2-8,10-11,13,29H,1,9,12H2,(H2,25,30)(H2,26,27,28). The van der Waals surface area contributed by atoms with E-state index < -0.39 is 27.6 Å². The molecule has 0 saturated heterocycles. The first kappa shape index (κ1) is 23.7. The fourth-order valence-electron chi connectivity index (χ4n) is 2.93. The van der Waals surface area contributed by atoms with E-state index in [0.717, 1.165) is 11.5 Å². The molecule has 33 heavy (non-hydrogen) atoms. The second kappa shape index (κ2) is 10.1. The Bertz CT molecular complexity index is 1260. The molecule has 0 saturated carbocycles. The predicted octanol–water partition coefficient (Wildman–Crippen LogP) is 3.63. The van der Waals surface area contributed by atoms with Crippen LogP contribution in [-0.4, -0.2) is 19.3 Å². The molecule has 1 aromatic heterocycles. The largest absolute Gasteiger partial charge is 0.381 e. The molecule has 0 unspecified atom stereocenters. The molecule has 0 aliphatic heterocycles. The van der Waals surface area contributed by atoms with Crippen LogP contribution in [0.1, 0.15) is 11.1 Å². The maximum atomic E-state index is 13.5. The van der Waals surface area contributed by atoms with Crippen molar-refractivity contribution < 1.29 is 22.0 Å². The number of anilines is 4. The van der Waals surface area contributed by atoms with Crippen LogP contribution in [0.25, 0.3) is 0 Å². The number of primary amides is 1. The third-order valence-electron chi connectivity index (χ3n) is 4.39. The van der Waals surface area contributed by atoms with Gasteiger partial charge in [-0.15, -0.1) is 0 Å². The monoisotopic (exact) mass is 473 g/mol. The molecule has 11 heteroatoms. The van der Waals surface area contributed by atoms with Gasteiger partial charge in [-0.1, -0.05) is 6.58 Å². The van der Waals surface area contributed by atoms with E-state index in [1.807, 2.05) is 0 Å². The lowest BCUT2D eigenvalue weighted by molar-refractivity contribution is -0.117. The van der Waals surface area contributed by atoms with Crippen molar-refractivity contribution in [2.24, 2.45) is 5.73 Å². The third-order valence-corrected chi connectivity index (χ3v) is 5.35. The van der Waals surface area contributed by atoms with Crippen LogP contribution in [0, 0.1) is 11.6 Å². The van der Waals surface area contributed by atoms with Crippen LogP contribution in [-0.2, 0) is 27.8 Å². The number of benzene rings is 2. The number of halogens is 2. The summed E-state index contributed by atoms with van der Waals surface area (Å²) in [7, 11) is -3.61. The summed E-state index contributed by atoms with van der Waals surface area (Å²) in [6.45, 7) is 3.33. The number of nitrogens with two attached hydrogens (primary N) is 1. The van der Waals surface area contributed by atoms with Crippen molar-refractivity contribution in [2.75, 3.05) is 15.4 Å². The fourth-order valence-corrected chi connectivity index (χ4v) is 3.48. The minimum absolute atomic E-state index is 0.0781. The Balaban J connectivity index is 1.78. The van der Waals surface area contributed by atoms with E-state index in [0.29, 0.717) is 34.0 Å². The van der Waals surface area contributed by atoms with E-state index in [-0.39, 0.29) is 13.0 Å². The number of carbonyl (C=O) groups excluding carboxylic acids is 1. The average molecular weight is 474 g/mol. The van der Waals surface area contributed by atoms with E-state index in [2.05, 4.69) is 26.9 Å². The van der Waals surface area contributed by atoms with Gasteiger partial charge in [-0.05, 0) is 42.0 Å². The summed E-state index contributed by atoms with van der Waals surface area (Å²) in [5, 5.41) is 6.92. The molecule has 0 atom stereocenters. The number of aromatic nitrogens is 1. The highest BCUT2D eigenvalue weighted by Gasteiger charge is 2.10. The molecule has 0 spiro atoms. The second-order valence-corrected chi connectivity index (χ2v) is 8.64. The van der Waals surface area contributed by atoms with Crippen LogP contribution in [0.4, 0.5) is 31.7 Å². The van der Waals surface area contributed by atoms with Gasteiger partial charge in [0.05, 0.1) is 6.42 Å². The van der Waals surface area contributed by atoms with Gasteiger partial charge in [0.25, 0.3) is 10.0 Å². The molecule has 0 aliphatic carbocycles. The molecular weight excluding hydrogens is 452 g/mol. The molecule has 3 rings (SSSR count). The minimum Gasteiger partial charge on any atom is -0.381 e. The first-order valence-corrected chi connectivity index (χ1v) is 11.2. The van der Waals surface area contributed by atoms with E-state index in [4.69, 9.17) is 5.73 Å². The predicted molar refractivity (Wildman–Crippen MR) is 123 cm³/mol. The van der Waals surface area contributed by atoms with Gasteiger partial charge in [0.2, 0.25) is 5.91 Å². The summed E-state index contributed by atoms with van der Waals surface area (Å²) >= 11 is 0. The number of nitrogens with one attached hydrogen (secondary N) is 3. The van der Waals surface area contributed by atoms with Crippen molar-refractivity contribution in [1.29, 1.82) is 0 Å². The highest BCUT2D eigenvalue weighted by molar-refractivity contribution is 7.95. The smallest absolute Gasteiger partial charge is 0.254 e. The molecule has 8 nitrogen and oxygen atoms in total. The minimum atomic E-state index is -3.61. The number of hydrogen-bond donors (Lipinski definition) is 4. The maximum Gasteiger partial charge on any atom is 0.254 e. The lowest BCUT2D eigenvalue weighted by atomic mass is 10.1. The quantitative estimate of drug-likeness (QED) is 0.356. The highest BCUT2D eigenvalue weighted by Crippen LogP contribution is 2.24. The lowest BCUT2D eigenvalue weighted by Gasteiger charge is -2.14. The van der Waals surface area contributed by atoms with Gasteiger partial charge >= 0.3 is 0 Å². The van der Waals surface area contributed by atoms with Crippen molar-refractivity contribution >= 4 is 38.8 Å². The van der Waals surface area contributed by atoms with Crippen LogP contribution < -0.4 is 21.1 Å². The second-order valence-electron chi connectivity index (χ2n) is 7.02. The van der Waals surface area contributed by atoms with Crippen LogP contribution in [0.5, 0.6) is 0 Å². The van der Waals surface area contributed by atoms with Gasteiger partial charge < -0.3 is 16.4 Å². The van der Waals surface area contributed by atoms with Gasteiger partial charge in [0.15, 0.2) is 0 Å². The summed E-state index contributed by atoms with van der Waals surface area (Å²) < 4.78 is 52.4. The number of hydrogen-bond acceptors (Lipinski definition) is 6. The SMILES string of the molecule is C=CS(=O)(=O)Nc1ccc(Nc2cc(NCc3cc(F)cc(F)c3)c(CC(N)=O)cn2)cc1. The molecule has 5 N–H and O–H groups in total. The molecule has 0 bridgehead atoms. The first-order chi connectivity index (χ1) is 15.6. The van der Waals surface area contributed by atoms with Crippen LogP contribution in [0.2, 0.25) is 0 Å². The number of sulfonamides is 1. The lowest BCUT2D eigenvalue weighted by Crippen LogP contribution is -2.15. The third kappa shape index (κ3) is 7.01.